The Hall–Kier alpha value is -2.13. The zero-order chi connectivity index (χ0) is 12.7. The molecule has 92 valence electrons. The second-order valence-corrected chi connectivity index (χ2v) is 5.29. The molecule has 1 aliphatic heterocycles. The summed E-state index contributed by atoms with van der Waals surface area (Å²) in [5.74, 6) is 0. The van der Waals surface area contributed by atoms with E-state index in [1.165, 1.54) is 27.8 Å². The highest BCUT2D eigenvalue weighted by molar-refractivity contribution is 8.02. The van der Waals surface area contributed by atoms with Crippen LogP contribution in [0.4, 0.5) is 17.1 Å². The molecule has 3 heteroatoms. The predicted octanol–water partition coefficient (Wildman–Crippen LogP) is 4.97. The molecule has 0 atom stereocenters. The first-order chi connectivity index (χ1) is 9.42. The fraction of sp³-hybridized carbons (Fsp3) is 0. The van der Waals surface area contributed by atoms with Crippen LogP contribution in [0.5, 0.6) is 0 Å². The van der Waals surface area contributed by atoms with Crippen molar-refractivity contribution in [2.45, 2.75) is 0 Å². The van der Waals surface area contributed by atoms with E-state index in [-0.39, 0.29) is 0 Å². The van der Waals surface area contributed by atoms with E-state index in [1.54, 1.807) is 12.1 Å². The summed E-state index contributed by atoms with van der Waals surface area (Å²) in [6.45, 7) is 0. The van der Waals surface area contributed by atoms with E-state index in [2.05, 4.69) is 75.8 Å². The second-order valence-electron chi connectivity index (χ2n) is 4.54. The van der Waals surface area contributed by atoms with Gasteiger partial charge in [0.05, 0.1) is 29.2 Å². The van der Waals surface area contributed by atoms with E-state index in [4.69, 9.17) is 0 Å². The fourth-order valence-corrected chi connectivity index (χ4v) is 3.21. The standard InChI is InChI=1S/C16H12N2S/c1-2-6-13-11-14(10-9-12(13)5-1)18-16-8-4-3-7-15(16)17-19-18/h1-11,17H. The highest BCUT2D eigenvalue weighted by atomic mass is 32.2. The number of rotatable bonds is 1. The lowest BCUT2D eigenvalue weighted by Crippen LogP contribution is -2.02. The molecule has 0 radical (unpaired) electrons. The van der Waals surface area contributed by atoms with Crippen molar-refractivity contribution in [2.75, 3.05) is 9.03 Å². The number of nitrogens with one attached hydrogen (secondary N) is 1. The maximum Gasteiger partial charge on any atom is 0.0782 e. The summed E-state index contributed by atoms with van der Waals surface area (Å²) < 4.78 is 5.56. The van der Waals surface area contributed by atoms with Gasteiger partial charge in [-0.15, -0.1) is 0 Å². The highest BCUT2D eigenvalue weighted by Gasteiger charge is 2.20. The van der Waals surface area contributed by atoms with Gasteiger partial charge < -0.3 is 4.72 Å². The molecule has 0 aromatic heterocycles. The average Bonchev–Trinajstić information content (AvgIpc) is 2.91. The van der Waals surface area contributed by atoms with Crippen LogP contribution < -0.4 is 9.03 Å². The molecule has 1 heterocycles. The maximum atomic E-state index is 3.34. The van der Waals surface area contributed by atoms with Gasteiger partial charge in [0.15, 0.2) is 0 Å². The van der Waals surface area contributed by atoms with Crippen molar-refractivity contribution in [2.24, 2.45) is 0 Å². The van der Waals surface area contributed by atoms with Crippen LogP contribution in [-0.4, -0.2) is 0 Å². The summed E-state index contributed by atoms with van der Waals surface area (Å²) in [6.07, 6.45) is 0. The number of nitrogens with zero attached hydrogens (tertiary/aromatic N) is 1. The molecule has 4 rings (SSSR count). The number of fused-ring (bicyclic) bond motifs is 2. The summed E-state index contributed by atoms with van der Waals surface area (Å²) >= 11 is 1.62. The van der Waals surface area contributed by atoms with Crippen LogP contribution in [-0.2, 0) is 0 Å². The molecule has 3 aromatic carbocycles. The van der Waals surface area contributed by atoms with E-state index in [0.717, 1.165) is 0 Å². The minimum Gasteiger partial charge on any atom is -0.310 e. The van der Waals surface area contributed by atoms with Gasteiger partial charge in [0.25, 0.3) is 0 Å². The number of benzene rings is 3. The molecular weight excluding hydrogens is 252 g/mol. The lowest BCUT2D eigenvalue weighted by Gasteiger charge is -2.16. The Balaban J connectivity index is 1.83. The number of hydrogen-bond donors (Lipinski definition) is 1. The lowest BCUT2D eigenvalue weighted by molar-refractivity contribution is 1.48. The van der Waals surface area contributed by atoms with Gasteiger partial charge in [-0.05, 0) is 35.0 Å². The third-order valence-electron chi connectivity index (χ3n) is 3.34. The van der Waals surface area contributed by atoms with Gasteiger partial charge in [0.2, 0.25) is 0 Å². The first kappa shape index (κ1) is 10.8. The van der Waals surface area contributed by atoms with Crippen molar-refractivity contribution in [1.29, 1.82) is 0 Å². The third-order valence-corrected chi connectivity index (χ3v) is 4.24. The smallest absolute Gasteiger partial charge is 0.0782 e. The normalized spacial score (nSPS) is 13.4. The van der Waals surface area contributed by atoms with Gasteiger partial charge in [0, 0.05) is 0 Å². The summed E-state index contributed by atoms with van der Waals surface area (Å²) in [4.78, 5) is 0. The Labute approximate surface area is 116 Å². The topological polar surface area (TPSA) is 15.3 Å². The zero-order valence-electron chi connectivity index (χ0n) is 10.2. The number of anilines is 3. The largest absolute Gasteiger partial charge is 0.310 e. The van der Waals surface area contributed by atoms with E-state index in [9.17, 15) is 0 Å². The molecule has 3 aromatic rings. The highest BCUT2D eigenvalue weighted by Crippen LogP contribution is 2.44. The molecule has 1 N–H and O–H groups in total. The van der Waals surface area contributed by atoms with Crippen molar-refractivity contribution in [3.05, 3.63) is 66.7 Å². The van der Waals surface area contributed by atoms with E-state index >= 15 is 0 Å². The van der Waals surface area contributed by atoms with E-state index < -0.39 is 0 Å². The summed E-state index contributed by atoms with van der Waals surface area (Å²) in [5, 5.41) is 2.54. The molecule has 0 aliphatic carbocycles. The predicted molar refractivity (Wildman–Crippen MR) is 83.7 cm³/mol. The molecule has 0 fully saturated rings. The summed E-state index contributed by atoms with van der Waals surface area (Å²) in [5.41, 5.74) is 3.57. The van der Waals surface area contributed by atoms with E-state index in [1.807, 2.05) is 0 Å². The molecular formula is C16H12N2S. The number of para-hydroxylation sites is 2. The van der Waals surface area contributed by atoms with Crippen molar-refractivity contribution in [1.82, 2.24) is 0 Å². The van der Waals surface area contributed by atoms with Crippen LogP contribution in [0.2, 0.25) is 0 Å². The van der Waals surface area contributed by atoms with Crippen molar-refractivity contribution in [3.63, 3.8) is 0 Å². The Morgan fingerprint density at radius 1 is 0.789 bits per heavy atom. The van der Waals surface area contributed by atoms with E-state index in [0.29, 0.717) is 0 Å². The van der Waals surface area contributed by atoms with Gasteiger partial charge in [-0.2, -0.15) is 0 Å². The molecule has 0 bridgehead atoms. The maximum absolute atomic E-state index is 3.34. The molecule has 2 nitrogen and oxygen atoms in total. The monoisotopic (exact) mass is 264 g/mol. The van der Waals surface area contributed by atoms with Crippen molar-refractivity contribution in [3.8, 4) is 0 Å². The Kier molecular flexibility index (Phi) is 2.38. The van der Waals surface area contributed by atoms with Crippen LogP contribution >= 0.6 is 12.1 Å². The fourth-order valence-electron chi connectivity index (χ4n) is 2.38. The Morgan fingerprint density at radius 3 is 2.53 bits per heavy atom. The lowest BCUT2D eigenvalue weighted by atomic mass is 10.1. The molecule has 0 saturated heterocycles. The van der Waals surface area contributed by atoms with Gasteiger partial charge in [-0.1, -0.05) is 42.5 Å². The van der Waals surface area contributed by atoms with Gasteiger partial charge in [0.1, 0.15) is 0 Å². The minimum atomic E-state index is 1.17. The molecule has 0 spiro atoms. The first-order valence-electron chi connectivity index (χ1n) is 6.23. The molecule has 0 saturated carbocycles. The van der Waals surface area contributed by atoms with Crippen LogP contribution in [0, 0.1) is 0 Å². The van der Waals surface area contributed by atoms with Gasteiger partial charge >= 0.3 is 0 Å². The SMILES string of the molecule is c1ccc2c(c1)NSN2c1ccc2ccccc2c1. The van der Waals surface area contributed by atoms with Crippen LogP contribution in [0.1, 0.15) is 0 Å². The zero-order valence-corrected chi connectivity index (χ0v) is 11.0. The van der Waals surface area contributed by atoms with Crippen LogP contribution in [0.15, 0.2) is 66.7 Å². The average molecular weight is 264 g/mol. The Morgan fingerprint density at radius 2 is 1.58 bits per heavy atom. The van der Waals surface area contributed by atoms with Crippen LogP contribution in [0.3, 0.4) is 0 Å². The van der Waals surface area contributed by atoms with Crippen molar-refractivity contribution < 1.29 is 0 Å². The van der Waals surface area contributed by atoms with Gasteiger partial charge in [-0.25, -0.2) is 0 Å². The van der Waals surface area contributed by atoms with Crippen LogP contribution in [0.25, 0.3) is 10.8 Å². The molecule has 19 heavy (non-hydrogen) atoms. The molecule has 0 amide bonds. The first-order valence-corrected chi connectivity index (χ1v) is 7.00. The Bertz CT molecular complexity index is 754. The summed E-state index contributed by atoms with van der Waals surface area (Å²) in [6, 6.07) is 23.4. The molecule has 0 unspecified atom stereocenters. The van der Waals surface area contributed by atoms with Crippen molar-refractivity contribution >= 4 is 40.0 Å². The third kappa shape index (κ3) is 1.74. The van der Waals surface area contributed by atoms with Gasteiger partial charge in [-0.3, -0.25) is 4.31 Å². The quantitative estimate of drug-likeness (QED) is 0.625. The number of hydrogen-bond acceptors (Lipinski definition) is 3. The molecule has 1 aliphatic rings. The minimum absolute atomic E-state index is 1.17. The second kappa shape index (κ2) is 4.21. The summed E-state index contributed by atoms with van der Waals surface area (Å²) in [7, 11) is 0.